The van der Waals surface area contributed by atoms with Crippen molar-refractivity contribution in [1.29, 1.82) is 0 Å². The summed E-state index contributed by atoms with van der Waals surface area (Å²) in [5, 5.41) is 8.44. The number of nitrogen functional groups attached to an aromatic ring is 1. The van der Waals surface area contributed by atoms with Gasteiger partial charge in [0.2, 0.25) is 17.0 Å². The molecule has 0 radical (unpaired) electrons. The lowest BCUT2D eigenvalue weighted by Crippen LogP contribution is -2.41. The number of halogens is 1. The topological polar surface area (TPSA) is 97.4 Å². The van der Waals surface area contributed by atoms with Gasteiger partial charge < -0.3 is 15.6 Å². The number of carbonyl (C=O) groups is 2. The Morgan fingerprint density at radius 1 is 1.14 bits per heavy atom. The van der Waals surface area contributed by atoms with E-state index in [2.05, 4.69) is 10.2 Å². The molecule has 152 valence electrons. The maximum Gasteiger partial charge on any atom is 0.242 e. The molecule has 2 aromatic rings. The zero-order valence-electron chi connectivity index (χ0n) is 16.3. The highest BCUT2D eigenvalue weighted by molar-refractivity contribution is 7.99. The van der Waals surface area contributed by atoms with Crippen LogP contribution >= 0.6 is 11.8 Å². The summed E-state index contributed by atoms with van der Waals surface area (Å²) in [5.41, 5.74) is 0.850. The standard InChI is InChI=1S/C18H25FN6O2S/c1-4-24(5-2)16(26)11-23(3)17(27)12-28-18-22-21-15(25(18)20)10-13-6-8-14(19)9-7-13/h6-9H,4-5,10-12,20H2,1-3H3. The van der Waals surface area contributed by atoms with E-state index in [1.165, 1.54) is 21.7 Å². The van der Waals surface area contributed by atoms with Gasteiger partial charge in [-0.3, -0.25) is 9.59 Å². The first-order chi connectivity index (χ1) is 13.3. The van der Waals surface area contributed by atoms with Crippen LogP contribution in [0.15, 0.2) is 29.4 Å². The van der Waals surface area contributed by atoms with E-state index in [1.54, 1.807) is 24.1 Å². The number of carbonyl (C=O) groups excluding carboxylic acids is 2. The fraction of sp³-hybridized carbons (Fsp3) is 0.444. The smallest absolute Gasteiger partial charge is 0.242 e. The minimum atomic E-state index is -0.309. The van der Waals surface area contributed by atoms with Gasteiger partial charge in [-0.15, -0.1) is 10.2 Å². The van der Waals surface area contributed by atoms with E-state index in [0.717, 1.165) is 17.3 Å². The second kappa shape index (κ2) is 10.1. The predicted octanol–water partition coefficient (Wildman–Crippen LogP) is 1.14. The molecule has 0 saturated heterocycles. The molecule has 2 N–H and O–H groups in total. The van der Waals surface area contributed by atoms with Crippen LogP contribution in [0.5, 0.6) is 0 Å². The normalized spacial score (nSPS) is 10.7. The van der Waals surface area contributed by atoms with Crippen molar-refractivity contribution in [2.45, 2.75) is 25.4 Å². The number of amides is 2. The second-order valence-corrected chi connectivity index (χ2v) is 7.12. The molecule has 0 spiro atoms. The van der Waals surface area contributed by atoms with Crippen LogP contribution in [0.4, 0.5) is 4.39 Å². The summed E-state index contributed by atoms with van der Waals surface area (Å²) in [4.78, 5) is 27.5. The molecule has 2 amide bonds. The zero-order chi connectivity index (χ0) is 20.7. The Labute approximate surface area is 167 Å². The summed E-state index contributed by atoms with van der Waals surface area (Å²) in [6, 6.07) is 6.05. The van der Waals surface area contributed by atoms with E-state index in [9.17, 15) is 14.0 Å². The number of aromatic nitrogens is 3. The highest BCUT2D eigenvalue weighted by Gasteiger charge is 2.18. The average molecular weight is 409 g/mol. The van der Waals surface area contributed by atoms with Crippen LogP contribution in [0.25, 0.3) is 0 Å². The molecule has 1 aromatic heterocycles. The van der Waals surface area contributed by atoms with E-state index in [1.807, 2.05) is 13.8 Å². The van der Waals surface area contributed by atoms with Gasteiger partial charge in [0.25, 0.3) is 0 Å². The fourth-order valence-electron chi connectivity index (χ4n) is 2.51. The number of rotatable bonds is 9. The van der Waals surface area contributed by atoms with E-state index in [0.29, 0.717) is 30.5 Å². The fourth-order valence-corrected chi connectivity index (χ4v) is 3.33. The lowest BCUT2D eigenvalue weighted by Gasteiger charge is -2.23. The van der Waals surface area contributed by atoms with Crippen molar-refractivity contribution in [1.82, 2.24) is 24.7 Å². The lowest BCUT2D eigenvalue weighted by atomic mass is 10.1. The summed E-state index contributed by atoms with van der Waals surface area (Å²) >= 11 is 1.15. The van der Waals surface area contributed by atoms with Gasteiger partial charge in [0.1, 0.15) is 5.82 Å². The molecule has 2 rings (SSSR count). The molecule has 0 saturated carbocycles. The van der Waals surface area contributed by atoms with Crippen LogP contribution < -0.4 is 5.84 Å². The maximum atomic E-state index is 13.0. The maximum absolute atomic E-state index is 13.0. The lowest BCUT2D eigenvalue weighted by molar-refractivity contribution is -0.137. The molecule has 0 atom stereocenters. The van der Waals surface area contributed by atoms with Crippen LogP contribution in [0.2, 0.25) is 0 Å². The van der Waals surface area contributed by atoms with Gasteiger partial charge in [-0.05, 0) is 31.5 Å². The number of likely N-dealkylation sites (N-methyl/N-ethyl adjacent to an activating group) is 2. The summed E-state index contributed by atoms with van der Waals surface area (Å²) in [6.45, 7) is 5.05. The first kappa shape index (κ1) is 21.7. The second-order valence-electron chi connectivity index (χ2n) is 6.18. The Bertz CT molecular complexity index is 807. The zero-order valence-corrected chi connectivity index (χ0v) is 17.1. The van der Waals surface area contributed by atoms with Crippen LogP contribution in [0.3, 0.4) is 0 Å². The van der Waals surface area contributed by atoms with Crippen LogP contribution in [-0.4, -0.2) is 68.9 Å². The SMILES string of the molecule is CCN(CC)C(=O)CN(C)C(=O)CSc1nnc(Cc2ccc(F)cc2)n1N. The van der Waals surface area contributed by atoms with Crippen molar-refractivity contribution < 1.29 is 14.0 Å². The highest BCUT2D eigenvalue weighted by atomic mass is 32.2. The number of nitrogens with zero attached hydrogens (tertiary/aromatic N) is 5. The van der Waals surface area contributed by atoms with Crippen molar-refractivity contribution in [3.63, 3.8) is 0 Å². The molecular weight excluding hydrogens is 383 g/mol. The number of thioether (sulfide) groups is 1. The van der Waals surface area contributed by atoms with E-state index < -0.39 is 0 Å². The number of nitrogens with two attached hydrogens (primary N) is 1. The monoisotopic (exact) mass is 408 g/mol. The van der Waals surface area contributed by atoms with Crippen molar-refractivity contribution >= 4 is 23.6 Å². The van der Waals surface area contributed by atoms with Crippen molar-refractivity contribution in [3.05, 3.63) is 41.5 Å². The summed E-state index contributed by atoms with van der Waals surface area (Å²) in [6.07, 6.45) is 0.399. The molecule has 10 heteroatoms. The molecule has 0 aliphatic heterocycles. The van der Waals surface area contributed by atoms with Crippen molar-refractivity contribution in [3.8, 4) is 0 Å². The number of hydrogen-bond acceptors (Lipinski definition) is 6. The number of hydrogen-bond donors (Lipinski definition) is 1. The third kappa shape index (κ3) is 5.69. The summed E-state index contributed by atoms with van der Waals surface area (Å²) < 4.78 is 14.3. The van der Waals surface area contributed by atoms with Crippen LogP contribution in [0.1, 0.15) is 25.2 Å². The van der Waals surface area contributed by atoms with Crippen molar-refractivity contribution in [2.75, 3.05) is 38.3 Å². The van der Waals surface area contributed by atoms with E-state index >= 15 is 0 Å². The van der Waals surface area contributed by atoms with E-state index in [-0.39, 0.29) is 29.9 Å². The van der Waals surface area contributed by atoms with Crippen LogP contribution in [-0.2, 0) is 16.0 Å². The third-order valence-electron chi connectivity index (χ3n) is 4.25. The Morgan fingerprint density at radius 2 is 1.79 bits per heavy atom. The van der Waals surface area contributed by atoms with Gasteiger partial charge in [0.15, 0.2) is 5.82 Å². The Hall–Kier alpha value is -2.62. The van der Waals surface area contributed by atoms with Gasteiger partial charge >= 0.3 is 0 Å². The molecule has 0 unspecified atom stereocenters. The summed E-state index contributed by atoms with van der Waals surface area (Å²) in [7, 11) is 1.59. The quantitative estimate of drug-likeness (QED) is 0.494. The first-order valence-electron chi connectivity index (χ1n) is 8.94. The van der Waals surface area contributed by atoms with Gasteiger partial charge in [0.05, 0.1) is 12.3 Å². The van der Waals surface area contributed by atoms with Crippen molar-refractivity contribution in [2.24, 2.45) is 0 Å². The average Bonchev–Trinajstić information content (AvgIpc) is 3.02. The molecule has 0 bridgehead atoms. The van der Waals surface area contributed by atoms with Gasteiger partial charge in [0, 0.05) is 26.6 Å². The molecule has 1 heterocycles. The van der Waals surface area contributed by atoms with Gasteiger partial charge in [-0.25, -0.2) is 9.07 Å². The molecule has 0 aliphatic rings. The molecule has 28 heavy (non-hydrogen) atoms. The Kier molecular flexibility index (Phi) is 7.80. The van der Waals surface area contributed by atoms with Crippen LogP contribution in [0, 0.1) is 5.82 Å². The third-order valence-corrected chi connectivity index (χ3v) is 5.18. The van der Waals surface area contributed by atoms with Gasteiger partial charge in [-0.1, -0.05) is 23.9 Å². The molecule has 1 aromatic carbocycles. The molecule has 0 fully saturated rings. The minimum Gasteiger partial charge on any atom is -0.342 e. The number of benzene rings is 1. The Balaban J connectivity index is 1.90. The van der Waals surface area contributed by atoms with E-state index in [4.69, 9.17) is 5.84 Å². The molecular formula is C18H25FN6O2S. The minimum absolute atomic E-state index is 0.0339. The van der Waals surface area contributed by atoms with Gasteiger partial charge in [-0.2, -0.15) is 0 Å². The Morgan fingerprint density at radius 3 is 2.39 bits per heavy atom. The highest BCUT2D eigenvalue weighted by Crippen LogP contribution is 2.17. The molecule has 8 nitrogen and oxygen atoms in total. The first-order valence-corrected chi connectivity index (χ1v) is 9.92. The molecule has 0 aliphatic carbocycles. The summed E-state index contributed by atoms with van der Waals surface area (Å²) in [5.74, 6) is 6.01. The predicted molar refractivity (Wildman–Crippen MR) is 106 cm³/mol. The largest absolute Gasteiger partial charge is 0.342 e.